The van der Waals surface area contributed by atoms with Crippen molar-refractivity contribution in [2.45, 2.75) is 42.1 Å². The number of halogens is 1. The number of pyridine rings is 1. The first kappa shape index (κ1) is 26.6. The summed E-state index contributed by atoms with van der Waals surface area (Å²) < 4.78 is -0.220. The van der Waals surface area contributed by atoms with Crippen molar-refractivity contribution < 1.29 is 29.4 Å². The zero-order valence-corrected chi connectivity index (χ0v) is 22.7. The summed E-state index contributed by atoms with van der Waals surface area (Å²) in [6, 6.07) is 3.53. The molecule has 3 aromatic rings. The lowest BCUT2D eigenvalue weighted by atomic mass is 9.95. The number of benzene rings is 1. The second-order valence-electron chi connectivity index (χ2n) is 9.52. The molecular weight excluding hydrogens is 596 g/mol. The number of amides is 3. The molecule has 0 saturated carbocycles. The molecule has 3 amide bonds. The minimum Gasteiger partial charge on any atom is -0.508 e. The standard InChI is InChI=1S/C24H21BrN6O7S/c1-24(2)16(23(37)38)31-21(36)15(22(31)39-24)29-18(33)13(9-3-5-11(32)6-4-9)28-19(34)14-20(35)30-17-12(27-14)7-10(25)8-26-17/h3-8,13,15-16,22,32H,1-2H3,(H,28,34)(H,29,33)(H,37,38)(H,26,30,35)/t13?,15?,16-,22+/m0/s1. The number of carbonyl (C=O) groups is 4. The number of carboxylic acid groups (broad SMARTS) is 1. The van der Waals surface area contributed by atoms with Crippen molar-refractivity contribution in [3.8, 4) is 5.75 Å². The predicted octanol–water partition coefficient (Wildman–Crippen LogP) is 0.889. The number of aromatic amines is 1. The van der Waals surface area contributed by atoms with Gasteiger partial charge in [-0.05, 0) is 53.5 Å². The number of hydrogen-bond acceptors (Lipinski definition) is 9. The Balaban J connectivity index is 1.42. The largest absolute Gasteiger partial charge is 0.508 e. The summed E-state index contributed by atoms with van der Waals surface area (Å²) in [6.07, 6.45) is 1.45. The Labute approximate surface area is 232 Å². The van der Waals surface area contributed by atoms with E-state index in [0.717, 1.165) is 0 Å². The SMILES string of the molecule is CC1(C)S[C@@H]2C(NC(=O)C(NC(=O)c3nc4cc(Br)cnc4[nH]c3=O)c3ccc(O)cc3)C(=O)N2[C@H]1C(=O)O. The van der Waals surface area contributed by atoms with Crippen LogP contribution in [0.5, 0.6) is 5.75 Å². The van der Waals surface area contributed by atoms with E-state index in [1.165, 1.54) is 47.1 Å². The normalized spacial score (nSPS) is 22.1. The maximum Gasteiger partial charge on any atom is 0.327 e. The molecule has 0 aliphatic carbocycles. The minimum atomic E-state index is -1.38. The van der Waals surface area contributed by atoms with E-state index in [9.17, 15) is 34.2 Å². The summed E-state index contributed by atoms with van der Waals surface area (Å²) in [5.74, 6) is -3.51. The molecule has 5 rings (SSSR count). The molecule has 0 radical (unpaired) electrons. The molecule has 2 aromatic heterocycles. The Morgan fingerprint density at radius 3 is 2.56 bits per heavy atom. The number of thioether (sulfide) groups is 1. The lowest BCUT2D eigenvalue weighted by Gasteiger charge is -2.44. The van der Waals surface area contributed by atoms with Gasteiger partial charge >= 0.3 is 5.97 Å². The first-order valence-corrected chi connectivity index (χ1v) is 13.2. The third-order valence-corrected chi connectivity index (χ3v) is 8.47. The molecular formula is C24H21BrN6O7S. The fraction of sp³-hybridized carbons (Fsp3) is 0.292. The van der Waals surface area contributed by atoms with Crippen LogP contribution < -0.4 is 16.2 Å². The highest BCUT2D eigenvalue weighted by molar-refractivity contribution is 9.10. The van der Waals surface area contributed by atoms with E-state index in [2.05, 4.69) is 41.5 Å². The van der Waals surface area contributed by atoms with Gasteiger partial charge in [0, 0.05) is 15.4 Å². The number of aromatic hydroxyl groups is 1. The summed E-state index contributed by atoms with van der Waals surface area (Å²) in [5.41, 5.74) is -0.686. The van der Waals surface area contributed by atoms with Crippen LogP contribution in [0.2, 0.25) is 0 Å². The molecule has 2 aliphatic heterocycles. The number of rotatable bonds is 6. The van der Waals surface area contributed by atoms with E-state index in [4.69, 9.17) is 0 Å². The van der Waals surface area contributed by atoms with E-state index in [1.54, 1.807) is 19.9 Å². The van der Waals surface area contributed by atoms with Gasteiger partial charge in [0.25, 0.3) is 11.5 Å². The Hall–Kier alpha value is -3.98. The number of phenols is 1. The number of carboxylic acids is 1. The van der Waals surface area contributed by atoms with Crippen LogP contribution >= 0.6 is 27.7 Å². The molecule has 2 fully saturated rings. The van der Waals surface area contributed by atoms with Gasteiger partial charge in [-0.25, -0.2) is 14.8 Å². The van der Waals surface area contributed by atoms with Crippen LogP contribution in [0.4, 0.5) is 0 Å². The molecule has 2 aliphatic rings. The highest BCUT2D eigenvalue weighted by Gasteiger charge is 2.64. The number of carbonyl (C=O) groups excluding carboxylic acids is 3. The number of nitrogens with zero attached hydrogens (tertiary/aromatic N) is 3. The molecule has 4 atom stereocenters. The third kappa shape index (κ3) is 4.71. The van der Waals surface area contributed by atoms with Crippen LogP contribution in [-0.4, -0.2) is 76.0 Å². The molecule has 39 heavy (non-hydrogen) atoms. The number of aromatic nitrogens is 3. The molecule has 0 spiro atoms. The molecule has 5 N–H and O–H groups in total. The van der Waals surface area contributed by atoms with E-state index in [1.807, 2.05) is 0 Å². The van der Waals surface area contributed by atoms with Crippen LogP contribution in [0.25, 0.3) is 11.2 Å². The van der Waals surface area contributed by atoms with E-state index in [-0.39, 0.29) is 22.5 Å². The molecule has 0 bridgehead atoms. The van der Waals surface area contributed by atoms with Crippen molar-refractivity contribution in [2.24, 2.45) is 0 Å². The molecule has 1 aromatic carbocycles. The van der Waals surface area contributed by atoms with E-state index >= 15 is 0 Å². The molecule has 15 heteroatoms. The van der Waals surface area contributed by atoms with Crippen molar-refractivity contribution >= 4 is 62.5 Å². The quantitative estimate of drug-likeness (QED) is 0.248. The second-order valence-corrected chi connectivity index (χ2v) is 12.2. The molecule has 2 saturated heterocycles. The van der Waals surface area contributed by atoms with Crippen LogP contribution in [0, 0.1) is 0 Å². The lowest BCUT2D eigenvalue weighted by Crippen LogP contribution is -2.71. The average molecular weight is 617 g/mol. The van der Waals surface area contributed by atoms with Gasteiger partial charge in [-0.15, -0.1) is 11.8 Å². The van der Waals surface area contributed by atoms with Gasteiger partial charge < -0.3 is 30.7 Å². The summed E-state index contributed by atoms with van der Waals surface area (Å²) >= 11 is 4.51. The average Bonchev–Trinajstić information content (AvgIpc) is 3.13. The highest BCUT2D eigenvalue weighted by Crippen LogP contribution is 2.50. The highest BCUT2D eigenvalue weighted by atomic mass is 79.9. The number of fused-ring (bicyclic) bond motifs is 2. The smallest absolute Gasteiger partial charge is 0.327 e. The second kappa shape index (κ2) is 9.64. The van der Waals surface area contributed by atoms with Crippen LogP contribution in [0.3, 0.4) is 0 Å². The maximum absolute atomic E-state index is 13.4. The van der Waals surface area contributed by atoms with Crippen LogP contribution in [0.1, 0.15) is 35.9 Å². The van der Waals surface area contributed by atoms with Crippen molar-refractivity contribution in [3.63, 3.8) is 0 Å². The molecule has 2 unspecified atom stereocenters. The van der Waals surface area contributed by atoms with Crippen molar-refractivity contribution in [1.82, 2.24) is 30.5 Å². The number of β-lactam (4-membered cyclic amide) rings is 1. The number of phenolic OH excluding ortho intramolecular Hbond substituents is 1. The van der Waals surface area contributed by atoms with Gasteiger partial charge in [0.15, 0.2) is 11.3 Å². The van der Waals surface area contributed by atoms with E-state index in [0.29, 0.717) is 4.47 Å². The van der Waals surface area contributed by atoms with E-state index < -0.39 is 63.2 Å². The first-order chi connectivity index (χ1) is 18.4. The van der Waals surface area contributed by atoms with Crippen molar-refractivity contribution in [1.29, 1.82) is 0 Å². The van der Waals surface area contributed by atoms with Crippen LogP contribution in [-0.2, 0) is 14.4 Å². The number of aliphatic carboxylic acids is 1. The van der Waals surface area contributed by atoms with Gasteiger partial charge in [0.2, 0.25) is 11.8 Å². The van der Waals surface area contributed by atoms with Gasteiger partial charge in [-0.3, -0.25) is 19.2 Å². The number of nitrogens with one attached hydrogen (secondary N) is 3. The number of hydrogen-bond donors (Lipinski definition) is 5. The van der Waals surface area contributed by atoms with Gasteiger partial charge in [-0.1, -0.05) is 12.1 Å². The van der Waals surface area contributed by atoms with Crippen LogP contribution in [0.15, 0.2) is 45.8 Å². The fourth-order valence-corrected chi connectivity index (χ4v) is 6.60. The van der Waals surface area contributed by atoms with Crippen molar-refractivity contribution in [3.05, 3.63) is 62.6 Å². The zero-order chi connectivity index (χ0) is 28.2. The lowest BCUT2D eigenvalue weighted by molar-refractivity contribution is -0.161. The third-order valence-electron chi connectivity index (χ3n) is 6.47. The molecule has 13 nitrogen and oxygen atoms in total. The Bertz CT molecular complexity index is 1590. The summed E-state index contributed by atoms with van der Waals surface area (Å²) in [6.45, 7) is 3.42. The summed E-state index contributed by atoms with van der Waals surface area (Å²) in [5, 5.41) is 23.8. The topological polar surface area (TPSA) is 195 Å². The Morgan fingerprint density at radius 1 is 1.21 bits per heavy atom. The summed E-state index contributed by atoms with van der Waals surface area (Å²) in [7, 11) is 0. The maximum atomic E-state index is 13.4. The zero-order valence-electron chi connectivity index (χ0n) is 20.3. The monoisotopic (exact) mass is 616 g/mol. The first-order valence-electron chi connectivity index (χ1n) is 11.6. The molecule has 202 valence electrons. The van der Waals surface area contributed by atoms with Gasteiger partial charge in [-0.2, -0.15) is 0 Å². The summed E-state index contributed by atoms with van der Waals surface area (Å²) in [4.78, 5) is 75.7. The van der Waals surface area contributed by atoms with Crippen molar-refractivity contribution in [2.75, 3.05) is 0 Å². The predicted molar refractivity (Wildman–Crippen MR) is 142 cm³/mol. The van der Waals surface area contributed by atoms with Gasteiger partial charge in [0.05, 0.1) is 0 Å². The molecule has 4 heterocycles. The Kier molecular flexibility index (Phi) is 6.58. The number of H-pyrrole nitrogens is 1. The van der Waals surface area contributed by atoms with Gasteiger partial charge in [0.1, 0.15) is 34.8 Å². The fourth-order valence-electron chi connectivity index (χ4n) is 4.65. The minimum absolute atomic E-state index is 0.0796. The Morgan fingerprint density at radius 2 is 1.90 bits per heavy atom.